The number of amides is 1. The van der Waals surface area contributed by atoms with Gasteiger partial charge in [0.15, 0.2) is 0 Å². The zero-order valence-electron chi connectivity index (χ0n) is 12.9. The van der Waals surface area contributed by atoms with Gasteiger partial charge >= 0.3 is 0 Å². The van der Waals surface area contributed by atoms with Gasteiger partial charge in [-0.15, -0.1) is 0 Å². The summed E-state index contributed by atoms with van der Waals surface area (Å²) in [5.74, 6) is 0.587. The molecule has 1 aliphatic rings. The van der Waals surface area contributed by atoms with E-state index >= 15 is 0 Å². The number of hydrogen-bond acceptors (Lipinski definition) is 5. The molecule has 2 aromatic heterocycles. The highest BCUT2D eigenvalue weighted by molar-refractivity contribution is 5.92. The predicted molar refractivity (Wildman–Crippen MR) is 84.9 cm³/mol. The molecule has 2 aromatic rings. The van der Waals surface area contributed by atoms with Crippen molar-refractivity contribution in [3.05, 3.63) is 42.1 Å². The summed E-state index contributed by atoms with van der Waals surface area (Å²) in [5, 5.41) is 12.2. The van der Waals surface area contributed by atoms with Gasteiger partial charge < -0.3 is 14.8 Å². The molecule has 3 heterocycles. The van der Waals surface area contributed by atoms with Crippen LogP contribution in [0.4, 0.5) is 5.82 Å². The van der Waals surface area contributed by atoms with Crippen LogP contribution >= 0.6 is 0 Å². The number of aromatic nitrogens is 3. The van der Waals surface area contributed by atoms with E-state index in [2.05, 4.69) is 26.3 Å². The molecule has 1 amide bonds. The summed E-state index contributed by atoms with van der Waals surface area (Å²) >= 11 is 0. The Morgan fingerprint density at radius 2 is 2.17 bits per heavy atom. The minimum absolute atomic E-state index is 0.120. The van der Waals surface area contributed by atoms with Gasteiger partial charge in [-0.2, -0.15) is 5.26 Å². The molecule has 0 radical (unpaired) electrons. The van der Waals surface area contributed by atoms with Gasteiger partial charge in [0.1, 0.15) is 17.6 Å². The number of nitrogens with one attached hydrogen (secondary N) is 1. The van der Waals surface area contributed by atoms with Gasteiger partial charge in [-0.25, -0.2) is 9.97 Å². The lowest BCUT2D eigenvalue weighted by Crippen LogP contribution is -2.45. The number of pyridine rings is 1. The summed E-state index contributed by atoms with van der Waals surface area (Å²) in [6.07, 6.45) is 6.66. The third kappa shape index (κ3) is 3.31. The molecule has 0 atom stereocenters. The molecule has 1 N–H and O–H groups in total. The summed E-state index contributed by atoms with van der Waals surface area (Å²) in [5.41, 5.74) is 1.02. The molecular weight excluding hydrogens is 292 g/mol. The van der Waals surface area contributed by atoms with Crippen molar-refractivity contribution in [2.75, 3.05) is 18.0 Å². The van der Waals surface area contributed by atoms with Crippen molar-refractivity contribution in [1.29, 1.82) is 5.26 Å². The molecule has 7 heteroatoms. The highest BCUT2D eigenvalue weighted by atomic mass is 16.2. The molecule has 1 saturated heterocycles. The van der Waals surface area contributed by atoms with Crippen molar-refractivity contribution in [3.8, 4) is 6.07 Å². The molecule has 0 bridgehead atoms. The van der Waals surface area contributed by atoms with Crippen molar-refractivity contribution in [2.45, 2.75) is 18.9 Å². The van der Waals surface area contributed by atoms with E-state index < -0.39 is 0 Å². The molecule has 0 unspecified atom stereocenters. The third-order valence-corrected chi connectivity index (χ3v) is 3.97. The number of carbonyl (C=O) groups excluding carboxylic acids is 1. The van der Waals surface area contributed by atoms with Crippen molar-refractivity contribution in [2.24, 2.45) is 7.05 Å². The van der Waals surface area contributed by atoms with E-state index in [0.29, 0.717) is 11.3 Å². The minimum Gasteiger partial charge on any atom is -0.355 e. The summed E-state index contributed by atoms with van der Waals surface area (Å²) in [4.78, 5) is 22.6. The van der Waals surface area contributed by atoms with Crippen molar-refractivity contribution < 1.29 is 4.79 Å². The normalized spacial score (nSPS) is 15.2. The zero-order chi connectivity index (χ0) is 16.2. The number of anilines is 1. The second-order valence-corrected chi connectivity index (χ2v) is 5.65. The Morgan fingerprint density at radius 3 is 2.83 bits per heavy atom. The van der Waals surface area contributed by atoms with E-state index in [1.807, 2.05) is 7.05 Å². The average Bonchev–Trinajstić information content (AvgIpc) is 3.02. The average molecular weight is 310 g/mol. The van der Waals surface area contributed by atoms with Crippen molar-refractivity contribution in [3.63, 3.8) is 0 Å². The van der Waals surface area contributed by atoms with Crippen molar-refractivity contribution in [1.82, 2.24) is 19.9 Å². The quantitative estimate of drug-likeness (QED) is 0.917. The SMILES string of the molecule is Cn1cnc(C(=O)NC2CCN(c3ncccc3C#N)CC2)c1. The van der Waals surface area contributed by atoms with Crippen LogP contribution in [0.3, 0.4) is 0 Å². The lowest BCUT2D eigenvalue weighted by atomic mass is 10.0. The monoisotopic (exact) mass is 310 g/mol. The van der Waals surface area contributed by atoms with Crippen LogP contribution in [0.15, 0.2) is 30.9 Å². The molecule has 3 rings (SSSR count). The number of carbonyl (C=O) groups is 1. The van der Waals surface area contributed by atoms with E-state index in [0.717, 1.165) is 31.7 Å². The van der Waals surface area contributed by atoms with Gasteiger partial charge in [0, 0.05) is 38.6 Å². The van der Waals surface area contributed by atoms with Gasteiger partial charge in [0.05, 0.1) is 11.9 Å². The Bertz CT molecular complexity index is 739. The number of piperidine rings is 1. The number of hydrogen-bond donors (Lipinski definition) is 1. The smallest absolute Gasteiger partial charge is 0.271 e. The van der Waals surface area contributed by atoms with Gasteiger partial charge in [-0.3, -0.25) is 4.79 Å². The molecular formula is C16H18N6O. The van der Waals surface area contributed by atoms with Gasteiger partial charge in [-0.05, 0) is 25.0 Å². The fourth-order valence-electron chi connectivity index (χ4n) is 2.76. The minimum atomic E-state index is -0.139. The second kappa shape index (κ2) is 6.48. The standard InChI is InChI=1S/C16H18N6O/c1-21-10-14(19-11-21)16(23)20-13-4-7-22(8-5-13)15-12(9-17)3-2-6-18-15/h2-3,6,10-11,13H,4-5,7-8H2,1H3,(H,20,23). The zero-order valence-corrected chi connectivity index (χ0v) is 12.9. The van der Waals surface area contributed by atoms with E-state index in [1.54, 1.807) is 35.4 Å². The van der Waals surface area contributed by atoms with E-state index in [9.17, 15) is 4.79 Å². The first-order chi connectivity index (χ1) is 11.2. The van der Waals surface area contributed by atoms with E-state index in [-0.39, 0.29) is 11.9 Å². The van der Waals surface area contributed by atoms with Crippen LogP contribution in [0.2, 0.25) is 0 Å². The van der Waals surface area contributed by atoms with E-state index in [4.69, 9.17) is 5.26 Å². The fraction of sp³-hybridized carbons (Fsp3) is 0.375. The van der Waals surface area contributed by atoms with Gasteiger partial charge in [-0.1, -0.05) is 0 Å². The number of imidazole rings is 1. The first-order valence-electron chi connectivity index (χ1n) is 7.56. The first-order valence-corrected chi connectivity index (χ1v) is 7.56. The molecule has 118 valence electrons. The number of rotatable bonds is 3. The predicted octanol–water partition coefficient (Wildman–Crippen LogP) is 1.09. The topological polar surface area (TPSA) is 86.8 Å². The lowest BCUT2D eigenvalue weighted by molar-refractivity contribution is 0.0926. The maximum absolute atomic E-state index is 12.1. The molecule has 1 fully saturated rings. The third-order valence-electron chi connectivity index (χ3n) is 3.97. The maximum Gasteiger partial charge on any atom is 0.271 e. The Labute approximate surface area is 134 Å². The van der Waals surface area contributed by atoms with Crippen LogP contribution in [0.5, 0.6) is 0 Å². The molecule has 23 heavy (non-hydrogen) atoms. The Morgan fingerprint density at radius 1 is 1.39 bits per heavy atom. The lowest BCUT2D eigenvalue weighted by Gasteiger charge is -2.33. The highest BCUT2D eigenvalue weighted by Gasteiger charge is 2.23. The van der Waals surface area contributed by atoms with Crippen LogP contribution in [-0.4, -0.2) is 39.6 Å². The summed E-state index contributed by atoms with van der Waals surface area (Å²) < 4.78 is 1.75. The first kappa shape index (κ1) is 15.0. The van der Waals surface area contributed by atoms with E-state index in [1.165, 1.54) is 0 Å². The molecule has 0 aliphatic carbocycles. The van der Waals surface area contributed by atoms with Gasteiger partial charge in [0.25, 0.3) is 5.91 Å². The maximum atomic E-state index is 12.1. The number of nitriles is 1. The summed E-state index contributed by atoms with van der Waals surface area (Å²) in [7, 11) is 1.84. The largest absolute Gasteiger partial charge is 0.355 e. The number of nitrogens with zero attached hydrogens (tertiary/aromatic N) is 5. The van der Waals surface area contributed by atoms with Crippen molar-refractivity contribution >= 4 is 11.7 Å². The molecule has 7 nitrogen and oxygen atoms in total. The molecule has 0 saturated carbocycles. The van der Waals surface area contributed by atoms with Crippen LogP contribution in [0.1, 0.15) is 28.9 Å². The summed E-state index contributed by atoms with van der Waals surface area (Å²) in [6.45, 7) is 1.53. The Kier molecular flexibility index (Phi) is 4.24. The molecule has 0 spiro atoms. The highest BCUT2D eigenvalue weighted by Crippen LogP contribution is 2.21. The molecule has 0 aromatic carbocycles. The fourth-order valence-corrected chi connectivity index (χ4v) is 2.76. The van der Waals surface area contributed by atoms with Crippen LogP contribution in [-0.2, 0) is 7.05 Å². The summed E-state index contributed by atoms with van der Waals surface area (Å²) in [6, 6.07) is 5.84. The van der Waals surface area contributed by atoms with Crippen LogP contribution in [0, 0.1) is 11.3 Å². The van der Waals surface area contributed by atoms with Crippen LogP contribution in [0.25, 0.3) is 0 Å². The number of aryl methyl sites for hydroxylation is 1. The van der Waals surface area contributed by atoms with Gasteiger partial charge in [0.2, 0.25) is 0 Å². The van der Waals surface area contributed by atoms with Crippen LogP contribution < -0.4 is 10.2 Å². The Balaban J connectivity index is 1.58. The second-order valence-electron chi connectivity index (χ2n) is 5.65. The molecule has 1 aliphatic heterocycles. The Hall–Kier alpha value is -2.88.